The Labute approximate surface area is 132 Å². The molecule has 1 spiro atoms. The summed E-state index contributed by atoms with van der Waals surface area (Å²) >= 11 is 3.36. The summed E-state index contributed by atoms with van der Waals surface area (Å²) in [5.74, 6) is 0.261. The van der Waals surface area contributed by atoms with E-state index in [0.717, 1.165) is 17.3 Å². The molecule has 3 rings (SSSR count). The van der Waals surface area contributed by atoms with Gasteiger partial charge in [0.15, 0.2) is 12.4 Å². The maximum Gasteiger partial charge on any atom is 0.260 e. The van der Waals surface area contributed by atoms with Gasteiger partial charge in [0.25, 0.3) is 5.91 Å². The summed E-state index contributed by atoms with van der Waals surface area (Å²) in [4.78, 5) is 14.0. The number of piperidine rings is 1. The molecule has 1 amide bonds. The molecule has 114 valence electrons. The van der Waals surface area contributed by atoms with Gasteiger partial charge < -0.3 is 19.1 Å². The van der Waals surface area contributed by atoms with Gasteiger partial charge in [0.2, 0.25) is 0 Å². The van der Waals surface area contributed by atoms with Gasteiger partial charge in [0, 0.05) is 30.4 Å². The molecule has 1 aromatic carbocycles. The molecule has 2 saturated heterocycles. The molecule has 0 atom stereocenters. The summed E-state index contributed by atoms with van der Waals surface area (Å²) in [7, 11) is 0. The molecule has 0 unspecified atom stereocenters. The van der Waals surface area contributed by atoms with Crippen LogP contribution in [0.1, 0.15) is 12.8 Å². The third-order valence-electron chi connectivity index (χ3n) is 3.87. The Bertz CT molecular complexity index is 489. The highest BCUT2D eigenvalue weighted by atomic mass is 79.9. The van der Waals surface area contributed by atoms with Gasteiger partial charge in [0.05, 0.1) is 13.2 Å². The fourth-order valence-electron chi connectivity index (χ4n) is 2.65. The summed E-state index contributed by atoms with van der Waals surface area (Å²) in [6, 6.07) is 7.45. The van der Waals surface area contributed by atoms with Crippen molar-refractivity contribution in [3.63, 3.8) is 0 Å². The number of benzene rings is 1. The van der Waals surface area contributed by atoms with E-state index in [1.54, 1.807) is 0 Å². The quantitative estimate of drug-likeness (QED) is 0.833. The number of rotatable bonds is 3. The fourth-order valence-corrected chi connectivity index (χ4v) is 2.91. The molecular weight excluding hydrogens is 338 g/mol. The van der Waals surface area contributed by atoms with E-state index in [2.05, 4.69) is 15.9 Å². The van der Waals surface area contributed by atoms with Crippen LogP contribution >= 0.6 is 15.9 Å². The van der Waals surface area contributed by atoms with E-state index in [0.29, 0.717) is 32.1 Å². The third-order valence-corrected chi connectivity index (χ3v) is 4.40. The third kappa shape index (κ3) is 3.56. The summed E-state index contributed by atoms with van der Waals surface area (Å²) in [6.07, 6.45) is 1.47. The van der Waals surface area contributed by atoms with Gasteiger partial charge in [-0.25, -0.2) is 0 Å². The standard InChI is InChI=1S/C15H18BrNO4/c16-12-1-3-13(4-2-12)19-11-14(18)17-7-5-15(6-8-17)20-9-10-21-15/h1-4H,5-11H2. The molecule has 0 radical (unpaired) electrons. The van der Waals surface area contributed by atoms with Crippen LogP contribution in [0.15, 0.2) is 28.7 Å². The zero-order chi connectivity index (χ0) is 14.7. The van der Waals surface area contributed by atoms with Crippen molar-refractivity contribution in [3.05, 3.63) is 28.7 Å². The number of nitrogens with zero attached hydrogens (tertiary/aromatic N) is 1. The lowest BCUT2D eigenvalue weighted by Crippen LogP contribution is -2.48. The van der Waals surface area contributed by atoms with Gasteiger partial charge >= 0.3 is 0 Å². The Balaban J connectivity index is 1.47. The Morgan fingerprint density at radius 3 is 2.43 bits per heavy atom. The van der Waals surface area contributed by atoms with E-state index in [1.165, 1.54) is 0 Å². The normalized spacial score (nSPS) is 20.7. The first kappa shape index (κ1) is 14.8. The largest absolute Gasteiger partial charge is 0.484 e. The second-order valence-corrected chi connectivity index (χ2v) is 6.15. The van der Waals surface area contributed by atoms with Crippen LogP contribution in [0, 0.1) is 0 Å². The average Bonchev–Trinajstić information content (AvgIpc) is 2.95. The Morgan fingerprint density at radius 1 is 1.19 bits per heavy atom. The molecule has 2 aliphatic rings. The van der Waals surface area contributed by atoms with Crippen molar-refractivity contribution in [2.45, 2.75) is 18.6 Å². The fraction of sp³-hybridized carbons (Fsp3) is 0.533. The zero-order valence-electron chi connectivity index (χ0n) is 11.7. The SMILES string of the molecule is O=C(COc1ccc(Br)cc1)N1CCC2(CC1)OCCO2. The minimum absolute atomic E-state index is 0.00534. The Morgan fingerprint density at radius 2 is 1.81 bits per heavy atom. The molecule has 6 heteroatoms. The molecule has 2 fully saturated rings. The summed E-state index contributed by atoms with van der Waals surface area (Å²) in [5.41, 5.74) is 0. The lowest BCUT2D eigenvalue weighted by Gasteiger charge is -2.37. The van der Waals surface area contributed by atoms with Crippen molar-refractivity contribution >= 4 is 21.8 Å². The van der Waals surface area contributed by atoms with Gasteiger partial charge in [0.1, 0.15) is 5.75 Å². The molecule has 0 saturated carbocycles. The highest BCUT2D eigenvalue weighted by molar-refractivity contribution is 9.10. The molecule has 0 N–H and O–H groups in total. The minimum atomic E-state index is -0.441. The first-order valence-electron chi connectivity index (χ1n) is 7.11. The number of carbonyl (C=O) groups is 1. The van der Waals surface area contributed by atoms with Crippen molar-refractivity contribution in [1.82, 2.24) is 4.90 Å². The lowest BCUT2D eigenvalue weighted by molar-refractivity contribution is -0.187. The molecule has 0 aliphatic carbocycles. The van der Waals surface area contributed by atoms with Crippen LogP contribution in [0.4, 0.5) is 0 Å². The van der Waals surface area contributed by atoms with Crippen molar-refractivity contribution in [3.8, 4) is 5.75 Å². The van der Waals surface area contributed by atoms with E-state index in [9.17, 15) is 4.79 Å². The molecule has 1 aromatic rings. The molecule has 2 heterocycles. The number of carbonyl (C=O) groups excluding carboxylic acids is 1. The first-order valence-corrected chi connectivity index (χ1v) is 7.90. The molecule has 21 heavy (non-hydrogen) atoms. The predicted molar refractivity (Wildman–Crippen MR) is 80.1 cm³/mol. The topological polar surface area (TPSA) is 48.0 Å². The smallest absolute Gasteiger partial charge is 0.260 e. The van der Waals surface area contributed by atoms with Crippen molar-refractivity contribution in [2.75, 3.05) is 32.9 Å². The number of ether oxygens (including phenoxy) is 3. The van der Waals surface area contributed by atoms with Crippen LogP contribution in [0.5, 0.6) is 5.75 Å². The predicted octanol–water partition coefficient (Wildman–Crippen LogP) is 2.19. The number of amides is 1. The van der Waals surface area contributed by atoms with Crippen LogP contribution in [-0.4, -0.2) is 49.5 Å². The molecule has 0 bridgehead atoms. The van der Waals surface area contributed by atoms with E-state index in [4.69, 9.17) is 14.2 Å². The van der Waals surface area contributed by atoms with E-state index in [-0.39, 0.29) is 12.5 Å². The lowest BCUT2D eigenvalue weighted by atomic mass is 10.0. The average molecular weight is 356 g/mol. The van der Waals surface area contributed by atoms with Crippen molar-refractivity contribution < 1.29 is 19.0 Å². The number of hydrogen-bond donors (Lipinski definition) is 0. The monoisotopic (exact) mass is 355 g/mol. The number of likely N-dealkylation sites (tertiary alicyclic amines) is 1. The van der Waals surface area contributed by atoms with Crippen molar-refractivity contribution in [1.29, 1.82) is 0 Å². The van der Waals surface area contributed by atoms with Gasteiger partial charge in [-0.1, -0.05) is 15.9 Å². The van der Waals surface area contributed by atoms with Crippen LogP contribution in [-0.2, 0) is 14.3 Å². The first-order chi connectivity index (χ1) is 10.2. The molecular formula is C15H18BrNO4. The van der Waals surface area contributed by atoms with Gasteiger partial charge in [-0.05, 0) is 24.3 Å². The second-order valence-electron chi connectivity index (χ2n) is 5.23. The maximum absolute atomic E-state index is 12.2. The van der Waals surface area contributed by atoms with E-state index in [1.807, 2.05) is 29.2 Å². The maximum atomic E-state index is 12.2. The Kier molecular flexibility index (Phi) is 4.47. The summed E-state index contributed by atoms with van der Waals surface area (Å²) in [6.45, 7) is 2.68. The van der Waals surface area contributed by atoms with E-state index < -0.39 is 5.79 Å². The minimum Gasteiger partial charge on any atom is -0.484 e. The highest BCUT2D eigenvalue weighted by Gasteiger charge is 2.40. The molecule has 0 aromatic heterocycles. The zero-order valence-corrected chi connectivity index (χ0v) is 13.3. The molecule has 5 nitrogen and oxygen atoms in total. The highest BCUT2D eigenvalue weighted by Crippen LogP contribution is 2.31. The molecule has 2 aliphatic heterocycles. The van der Waals surface area contributed by atoms with Gasteiger partial charge in [-0.3, -0.25) is 4.79 Å². The number of hydrogen-bond acceptors (Lipinski definition) is 4. The van der Waals surface area contributed by atoms with Gasteiger partial charge in [-0.2, -0.15) is 0 Å². The Hall–Kier alpha value is -1.11. The van der Waals surface area contributed by atoms with Gasteiger partial charge in [-0.15, -0.1) is 0 Å². The van der Waals surface area contributed by atoms with Crippen LogP contribution < -0.4 is 4.74 Å². The second kappa shape index (κ2) is 6.34. The van der Waals surface area contributed by atoms with Crippen LogP contribution in [0.3, 0.4) is 0 Å². The van der Waals surface area contributed by atoms with E-state index >= 15 is 0 Å². The summed E-state index contributed by atoms with van der Waals surface area (Å²) in [5, 5.41) is 0. The van der Waals surface area contributed by atoms with Crippen LogP contribution in [0.25, 0.3) is 0 Å². The summed E-state index contributed by atoms with van der Waals surface area (Å²) < 4.78 is 17.8. The van der Waals surface area contributed by atoms with Crippen molar-refractivity contribution in [2.24, 2.45) is 0 Å². The number of halogens is 1. The van der Waals surface area contributed by atoms with Crippen LogP contribution in [0.2, 0.25) is 0 Å².